The maximum absolute atomic E-state index is 13.0. The Morgan fingerprint density at radius 2 is 1.39 bits per heavy atom. The fourth-order valence-corrected chi connectivity index (χ4v) is 2.65. The van der Waals surface area contributed by atoms with Gasteiger partial charge in [-0.05, 0) is 36.5 Å². The van der Waals surface area contributed by atoms with Gasteiger partial charge in [0.25, 0.3) is 0 Å². The standard InChI is InChI=1S/C9H8FNO2.C7H3F4NO5S/c10-8-5-7(6-1-2-6)3-4-9(8)11(12)13;8-5-3-4(1-2-6(5)12(13)14)17-18(15,16)7(9,10)11/h3-6H,1-2H2;1-3H. The zero-order valence-corrected chi connectivity index (χ0v) is 15.8. The molecule has 0 aromatic heterocycles. The van der Waals surface area contributed by atoms with Crippen molar-refractivity contribution < 1.29 is 44.4 Å². The summed E-state index contributed by atoms with van der Waals surface area (Å²) in [6.07, 6.45) is 2.13. The third-order valence-electron chi connectivity index (χ3n) is 3.82. The molecule has 3 rings (SSSR count). The van der Waals surface area contributed by atoms with Gasteiger partial charge in [0.1, 0.15) is 5.75 Å². The molecular weight excluding hydrogens is 459 g/mol. The minimum atomic E-state index is -5.94. The molecule has 0 radical (unpaired) electrons. The number of nitrogens with zero attached hydrogens (tertiary/aromatic N) is 2. The number of hydrogen-bond acceptors (Lipinski definition) is 7. The molecule has 9 nitrogen and oxygen atoms in total. The van der Waals surface area contributed by atoms with Crippen molar-refractivity contribution in [3.05, 3.63) is 73.8 Å². The van der Waals surface area contributed by atoms with Crippen LogP contribution in [-0.2, 0) is 10.1 Å². The van der Waals surface area contributed by atoms with E-state index in [1.807, 2.05) is 0 Å². The van der Waals surface area contributed by atoms with Gasteiger partial charge in [0, 0.05) is 18.2 Å². The van der Waals surface area contributed by atoms with E-state index in [2.05, 4.69) is 4.18 Å². The Balaban J connectivity index is 0.000000231. The monoisotopic (exact) mass is 470 g/mol. The zero-order chi connectivity index (χ0) is 23.6. The van der Waals surface area contributed by atoms with Crippen LogP contribution in [0.4, 0.5) is 33.3 Å². The summed E-state index contributed by atoms with van der Waals surface area (Å²) < 4.78 is 86.4. The maximum atomic E-state index is 13.0. The fraction of sp³-hybridized carbons (Fsp3) is 0.250. The quantitative estimate of drug-likeness (QED) is 0.206. The molecule has 0 bridgehead atoms. The number of nitro benzene ring substituents is 2. The van der Waals surface area contributed by atoms with E-state index in [0.29, 0.717) is 18.1 Å². The Kier molecular flexibility index (Phi) is 6.78. The Labute approximate surface area is 170 Å². The molecular formula is C16H11F5N2O7S. The van der Waals surface area contributed by atoms with E-state index in [1.165, 1.54) is 12.1 Å². The summed E-state index contributed by atoms with van der Waals surface area (Å²) in [5, 5.41) is 20.5. The van der Waals surface area contributed by atoms with Gasteiger partial charge in [-0.2, -0.15) is 30.4 Å². The van der Waals surface area contributed by atoms with Crippen LogP contribution in [0.15, 0.2) is 36.4 Å². The predicted molar refractivity (Wildman–Crippen MR) is 93.7 cm³/mol. The molecule has 0 unspecified atom stereocenters. The van der Waals surface area contributed by atoms with Crippen LogP contribution in [-0.4, -0.2) is 23.8 Å². The first kappa shape index (κ1) is 23.9. The lowest BCUT2D eigenvalue weighted by Crippen LogP contribution is -2.28. The summed E-state index contributed by atoms with van der Waals surface area (Å²) in [5.41, 5.74) is -6.26. The first-order valence-electron chi connectivity index (χ1n) is 8.11. The fourth-order valence-electron chi connectivity index (χ4n) is 2.20. The van der Waals surface area contributed by atoms with Gasteiger partial charge in [0.2, 0.25) is 11.6 Å². The smallest absolute Gasteiger partial charge is 0.376 e. The molecule has 168 valence electrons. The van der Waals surface area contributed by atoms with Crippen LogP contribution < -0.4 is 4.18 Å². The summed E-state index contributed by atoms with van der Waals surface area (Å²) in [7, 11) is -5.94. The van der Waals surface area contributed by atoms with E-state index >= 15 is 0 Å². The van der Waals surface area contributed by atoms with Gasteiger partial charge in [-0.1, -0.05) is 6.07 Å². The molecule has 0 spiro atoms. The highest BCUT2D eigenvalue weighted by Gasteiger charge is 2.48. The molecule has 0 saturated heterocycles. The number of alkyl halides is 3. The number of halogens is 5. The topological polar surface area (TPSA) is 130 Å². The molecule has 0 aliphatic heterocycles. The van der Waals surface area contributed by atoms with Crippen LogP contribution in [0, 0.1) is 31.9 Å². The molecule has 1 saturated carbocycles. The van der Waals surface area contributed by atoms with Gasteiger partial charge in [0.05, 0.1) is 9.85 Å². The number of benzene rings is 2. The molecule has 0 N–H and O–H groups in total. The Bertz CT molecular complexity index is 1120. The lowest BCUT2D eigenvalue weighted by molar-refractivity contribution is -0.387. The highest BCUT2D eigenvalue weighted by molar-refractivity contribution is 7.88. The van der Waals surface area contributed by atoms with E-state index in [0.717, 1.165) is 18.4 Å². The molecule has 15 heteroatoms. The van der Waals surface area contributed by atoms with Crippen LogP contribution in [0.1, 0.15) is 24.3 Å². The van der Waals surface area contributed by atoms with E-state index in [9.17, 15) is 50.6 Å². The molecule has 1 fully saturated rings. The molecule has 2 aromatic carbocycles. The molecule has 0 atom stereocenters. The SMILES string of the molecule is O=[N+]([O-])c1ccc(C2CC2)cc1F.O=[N+]([O-])c1ccc(OS(=O)(=O)C(F)(F)F)cc1F. The first-order valence-corrected chi connectivity index (χ1v) is 9.52. The van der Waals surface area contributed by atoms with Crippen LogP contribution in [0.2, 0.25) is 0 Å². The highest BCUT2D eigenvalue weighted by Crippen LogP contribution is 2.40. The van der Waals surface area contributed by atoms with Crippen molar-refractivity contribution in [3.8, 4) is 5.75 Å². The van der Waals surface area contributed by atoms with Crippen molar-refractivity contribution in [2.75, 3.05) is 0 Å². The minimum absolute atomic E-state index is 0.168. The number of nitro groups is 2. The van der Waals surface area contributed by atoms with Crippen molar-refractivity contribution in [2.45, 2.75) is 24.3 Å². The average molecular weight is 470 g/mol. The van der Waals surface area contributed by atoms with Crippen molar-refractivity contribution in [3.63, 3.8) is 0 Å². The highest BCUT2D eigenvalue weighted by atomic mass is 32.2. The summed E-state index contributed by atoms with van der Waals surface area (Å²) in [6.45, 7) is 0. The zero-order valence-electron chi connectivity index (χ0n) is 15.0. The third-order valence-corrected chi connectivity index (χ3v) is 4.80. The molecule has 2 aromatic rings. The Morgan fingerprint density at radius 1 is 0.903 bits per heavy atom. The summed E-state index contributed by atoms with van der Waals surface area (Å²) >= 11 is 0. The van der Waals surface area contributed by atoms with Gasteiger partial charge in [-0.15, -0.1) is 0 Å². The molecule has 1 aliphatic rings. The summed E-state index contributed by atoms with van der Waals surface area (Å²) in [6, 6.07) is 5.33. The largest absolute Gasteiger partial charge is 0.534 e. The third kappa shape index (κ3) is 6.07. The van der Waals surface area contributed by atoms with Crippen molar-refractivity contribution >= 4 is 21.5 Å². The van der Waals surface area contributed by atoms with Gasteiger partial charge in [-0.25, -0.2) is 0 Å². The lowest BCUT2D eigenvalue weighted by Gasteiger charge is -2.09. The minimum Gasteiger partial charge on any atom is -0.376 e. The van der Waals surface area contributed by atoms with Crippen LogP contribution in [0.5, 0.6) is 5.75 Å². The van der Waals surface area contributed by atoms with Gasteiger partial charge < -0.3 is 4.18 Å². The summed E-state index contributed by atoms with van der Waals surface area (Å²) in [4.78, 5) is 18.7. The second-order valence-corrected chi connectivity index (χ2v) is 7.63. The summed E-state index contributed by atoms with van der Waals surface area (Å²) in [5.74, 6) is -2.84. The maximum Gasteiger partial charge on any atom is 0.534 e. The van der Waals surface area contributed by atoms with Crippen LogP contribution >= 0.6 is 0 Å². The predicted octanol–water partition coefficient (Wildman–Crippen LogP) is 4.57. The van der Waals surface area contributed by atoms with E-state index in [1.54, 1.807) is 6.07 Å². The van der Waals surface area contributed by atoms with Crippen LogP contribution in [0.25, 0.3) is 0 Å². The van der Waals surface area contributed by atoms with Crippen LogP contribution in [0.3, 0.4) is 0 Å². The normalized spacial score (nSPS) is 13.7. The van der Waals surface area contributed by atoms with E-state index in [4.69, 9.17) is 0 Å². The Morgan fingerprint density at radius 3 is 1.77 bits per heavy atom. The molecule has 1 aliphatic carbocycles. The van der Waals surface area contributed by atoms with Crippen molar-refractivity contribution in [1.29, 1.82) is 0 Å². The Hall–Kier alpha value is -3.36. The van der Waals surface area contributed by atoms with Gasteiger partial charge in [-0.3, -0.25) is 20.2 Å². The molecule has 0 heterocycles. The van der Waals surface area contributed by atoms with Gasteiger partial charge >= 0.3 is 27.0 Å². The van der Waals surface area contributed by atoms with E-state index in [-0.39, 0.29) is 6.07 Å². The lowest BCUT2D eigenvalue weighted by atomic mass is 10.1. The van der Waals surface area contributed by atoms with Crippen molar-refractivity contribution in [2.24, 2.45) is 0 Å². The van der Waals surface area contributed by atoms with Crippen molar-refractivity contribution in [1.82, 2.24) is 0 Å². The number of rotatable bonds is 5. The second-order valence-electron chi connectivity index (χ2n) is 6.10. The van der Waals surface area contributed by atoms with Gasteiger partial charge in [0.15, 0.2) is 0 Å². The second kappa shape index (κ2) is 8.79. The molecule has 31 heavy (non-hydrogen) atoms. The average Bonchev–Trinajstić information content (AvgIpc) is 3.45. The van der Waals surface area contributed by atoms with E-state index < -0.39 is 54.2 Å². The first-order chi connectivity index (χ1) is 14.2. The molecule has 0 amide bonds. The number of hydrogen-bond donors (Lipinski definition) is 0.